The number of anilines is 2. The Morgan fingerprint density at radius 3 is 2.55 bits per heavy atom. The monoisotopic (exact) mass is 576 g/mol. The number of hydrogen-bond acceptors (Lipinski definition) is 4. The lowest BCUT2D eigenvalue weighted by atomic mass is 10.2. The van der Waals surface area contributed by atoms with Crippen molar-refractivity contribution in [2.24, 2.45) is 4.99 Å². The van der Waals surface area contributed by atoms with Crippen molar-refractivity contribution in [3.05, 3.63) is 46.4 Å². The average Bonchev–Trinajstić information content (AvgIpc) is 2.68. The zero-order valence-corrected chi connectivity index (χ0v) is 20.8. The van der Waals surface area contributed by atoms with Crippen LogP contribution < -0.4 is 25.4 Å². The molecule has 0 radical (unpaired) electrons. The van der Waals surface area contributed by atoms with E-state index in [4.69, 9.17) is 9.47 Å². The Balaban J connectivity index is 0.00000420. The first-order chi connectivity index (χ1) is 13.5. The minimum atomic E-state index is -0.172. The minimum Gasteiger partial charge on any atom is -0.493 e. The number of nitrogens with one attached hydrogen (secondary N) is 3. The van der Waals surface area contributed by atoms with Crippen LogP contribution in [-0.2, 0) is 4.79 Å². The smallest absolute Gasteiger partial charge is 0.243 e. The molecule has 3 N–H and O–H groups in total. The number of hydrogen-bond donors (Lipinski definition) is 3. The van der Waals surface area contributed by atoms with Crippen LogP contribution in [0.3, 0.4) is 0 Å². The molecule has 0 atom stereocenters. The molecule has 2 aromatic rings. The molecule has 9 heteroatoms. The lowest BCUT2D eigenvalue weighted by Crippen LogP contribution is -2.37. The molecule has 0 aliphatic rings. The number of amides is 1. The summed E-state index contributed by atoms with van der Waals surface area (Å²) in [7, 11) is 3.23. The number of aryl methyl sites for hydroxylation is 1. The molecule has 0 spiro atoms. The molecule has 0 saturated carbocycles. The number of guanidine groups is 1. The van der Waals surface area contributed by atoms with Crippen LogP contribution in [0.2, 0.25) is 0 Å². The molecule has 0 bridgehead atoms. The van der Waals surface area contributed by atoms with Gasteiger partial charge in [-0.2, -0.15) is 0 Å². The molecule has 158 valence electrons. The molecule has 0 unspecified atom stereocenters. The molecule has 2 rings (SSSR count). The molecule has 0 fully saturated rings. The summed E-state index contributed by atoms with van der Waals surface area (Å²) in [4.78, 5) is 16.4. The summed E-state index contributed by atoms with van der Waals surface area (Å²) in [6.07, 6.45) is 0. The van der Waals surface area contributed by atoms with E-state index in [1.54, 1.807) is 14.2 Å². The van der Waals surface area contributed by atoms with Gasteiger partial charge in [-0.3, -0.25) is 9.79 Å². The van der Waals surface area contributed by atoms with Gasteiger partial charge in [-0.15, -0.1) is 24.0 Å². The highest BCUT2D eigenvalue weighted by Gasteiger charge is 2.09. The van der Waals surface area contributed by atoms with Crippen LogP contribution in [0, 0.1) is 6.92 Å². The number of methoxy groups -OCH3 is 1. The SMILES string of the molecule is CCOc1cc(NC(=NC)NCC(=O)Nc2cc(Br)ccc2C)ccc1OC.I. The Hall–Kier alpha value is -2.01. The average molecular weight is 577 g/mol. The summed E-state index contributed by atoms with van der Waals surface area (Å²) in [5, 5.41) is 9.01. The maximum Gasteiger partial charge on any atom is 0.243 e. The second-order valence-electron chi connectivity index (χ2n) is 5.86. The van der Waals surface area contributed by atoms with Crippen molar-refractivity contribution in [1.82, 2.24) is 5.32 Å². The van der Waals surface area contributed by atoms with Crippen molar-refractivity contribution in [1.29, 1.82) is 0 Å². The lowest BCUT2D eigenvalue weighted by molar-refractivity contribution is -0.115. The highest BCUT2D eigenvalue weighted by Crippen LogP contribution is 2.30. The second kappa shape index (κ2) is 12.5. The van der Waals surface area contributed by atoms with Crippen LogP contribution in [-0.4, -0.2) is 39.2 Å². The van der Waals surface area contributed by atoms with Crippen LogP contribution >= 0.6 is 39.9 Å². The topological polar surface area (TPSA) is 84.0 Å². The Kier molecular flexibility index (Phi) is 10.8. The second-order valence-corrected chi connectivity index (χ2v) is 6.77. The highest BCUT2D eigenvalue weighted by atomic mass is 127. The molecule has 29 heavy (non-hydrogen) atoms. The van der Waals surface area contributed by atoms with Gasteiger partial charge in [0.05, 0.1) is 20.3 Å². The van der Waals surface area contributed by atoms with Crippen molar-refractivity contribution in [3.8, 4) is 11.5 Å². The van der Waals surface area contributed by atoms with Gasteiger partial charge in [0.25, 0.3) is 0 Å². The van der Waals surface area contributed by atoms with E-state index in [0.29, 0.717) is 24.1 Å². The Morgan fingerprint density at radius 1 is 1.14 bits per heavy atom. The fourth-order valence-electron chi connectivity index (χ4n) is 2.43. The van der Waals surface area contributed by atoms with Gasteiger partial charge >= 0.3 is 0 Å². The number of benzene rings is 2. The Bertz CT molecular complexity index is 862. The van der Waals surface area contributed by atoms with E-state index in [0.717, 1.165) is 21.4 Å². The van der Waals surface area contributed by atoms with E-state index in [9.17, 15) is 4.79 Å². The van der Waals surface area contributed by atoms with Gasteiger partial charge in [0.2, 0.25) is 5.91 Å². The van der Waals surface area contributed by atoms with Crippen molar-refractivity contribution in [2.45, 2.75) is 13.8 Å². The van der Waals surface area contributed by atoms with Gasteiger partial charge in [-0.25, -0.2) is 0 Å². The van der Waals surface area contributed by atoms with E-state index >= 15 is 0 Å². The van der Waals surface area contributed by atoms with Crippen molar-refractivity contribution < 1.29 is 14.3 Å². The van der Waals surface area contributed by atoms with Gasteiger partial charge < -0.3 is 25.4 Å². The number of nitrogens with zero attached hydrogens (tertiary/aromatic N) is 1. The first-order valence-electron chi connectivity index (χ1n) is 8.81. The molecular weight excluding hydrogens is 551 g/mol. The van der Waals surface area contributed by atoms with E-state index in [-0.39, 0.29) is 36.4 Å². The molecule has 7 nitrogen and oxygen atoms in total. The number of carbonyl (C=O) groups is 1. The van der Waals surface area contributed by atoms with Crippen molar-refractivity contribution >= 4 is 63.1 Å². The summed E-state index contributed by atoms with van der Waals surface area (Å²) in [6, 6.07) is 11.2. The zero-order valence-electron chi connectivity index (χ0n) is 16.8. The van der Waals surface area contributed by atoms with E-state index in [2.05, 4.69) is 36.9 Å². The van der Waals surface area contributed by atoms with Gasteiger partial charge in [-0.05, 0) is 43.7 Å². The van der Waals surface area contributed by atoms with Crippen molar-refractivity contribution in [3.63, 3.8) is 0 Å². The van der Waals surface area contributed by atoms with Gasteiger partial charge in [0, 0.05) is 29.0 Å². The van der Waals surface area contributed by atoms with Gasteiger partial charge in [0.1, 0.15) is 0 Å². The first-order valence-corrected chi connectivity index (χ1v) is 9.60. The van der Waals surface area contributed by atoms with Crippen molar-refractivity contribution in [2.75, 3.05) is 37.9 Å². The van der Waals surface area contributed by atoms with Crippen LogP contribution in [0.15, 0.2) is 45.9 Å². The van der Waals surface area contributed by atoms with Crippen LogP contribution in [0.1, 0.15) is 12.5 Å². The van der Waals surface area contributed by atoms with E-state index < -0.39 is 0 Å². The number of carbonyl (C=O) groups excluding carboxylic acids is 1. The van der Waals surface area contributed by atoms with Crippen LogP contribution in [0.4, 0.5) is 11.4 Å². The van der Waals surface area contributed by atoms with Gasteiger partial charge in [-0.1, -0.05) is 22.0 Å². The summed E-state index contributed by atoms with van der Waals surface area (Å²) in [5.74, 6) is 1.58. The largest absolute Gasteiger partial charge is 0.493 e. The third kappa shape index (κ3) is 7.73. The molecular formula is C20H26BrIN4O3. The summed E-state index contributed by atoms with van der Waals surface area (Å²) in [6.45, 7) is 4.45. The summed E-state index contributed by atoms with van der Waals surface area (Å²) < 4.78 is 11.8. The Labute approximate surface area is 196 Å². The molecule has 0 saturated heterocycles. The fourth-order valence-corrected chi connectivity index (χ4v) is 2.79. The molecule has 0 aliphatic carbocycles. The number of halogens is 2. The number of ether oxygens (including phenoxy) is 2. The molecule has 1 amide bonds. The Morgan fingerprint density at radius 2 is 1.90 bits per heavy atom. The lowest BCUT2D eigenvalue weighted by Gasteiger charge is -2.15. The molecule has 2 aromatic carbocycles. The normalized spacial score (nSPS) is 10.6. The van der Waals surface area contributed by atoms with E-state index in [1.807, 2.05) is 50.2 Å². The summed E-state index contributed by atoms with van der Waals surface area (Å²) in [5.41, 5.74) is 2.52. The summed E-state index contributed by atoms with van der Waals surface area (Å²) >= 11 is 3.41. The van der Waals surface area contributed by atoms with Gasteiger partial charge in [0.15, 0.2) is 17.5 Å². The number of rotatable bonds is 7. The van der Waals surface area contributed by atoms with Crippen LogP contribution in [0.25, 0.3) is 0 Å². The molecule has 0 heterocycles. The third-order valence-electron chi connectivity index (χ3n) is 3.84. The van der Waals surface area contributed by atoms with E-state index in [1.165, 1.54) is 0 Å². The maximum absolute atomic E-state index is 12.3. The number of aliphatic imine (C=N–C) groups is 1. The first kappa shape index (κ1) is 25.0. The third-order valence-corrected chi connectivity index (χ3v) is 4.33. The predicted octanol–water partition coefficient (Wildman–Crippen LogP) is 4.41. The molecule has 0 aromatic heterocycles. The maximum atomic E-state index is 12.3. The van der Waals surface area contributed by atoms with Crippen LogP contribution in [0.5, 0.6) is 11.5 Å². The quantitative estimate of drug-likeness (QED) is 0.258. The zero-order chi connectivity index (χ0) is 20.5. The predicted molar refractivity (Wildman–Crippen MR) is 132 cm³/mol. The minimum absolute atomic E-state index is 0. The standard InChI is InChI=1S/C20H25BrN4O3.HI/c1-5-28-18-11-15(8-9-17(18)27-4)24-20(22-3)23-12-19(26)25-16-10-14(21)7-6-13(16)2;/h6-11H,5,12H2,1-4H3,(H,25,26)(H2,22,23,24);1H. The molecule has 0 aliphatic heterocycles. The fraction of sp³-hybridized carbons (Fsp3) is 0.300. The highest BCUT2D eigenvalue weighted by molar-refractivity contribution is 14.0.